The van der Waals surface area contributed by atoms with Crippen molar-refractivity contribution in [2.45, 2.75) is 52.7 Å². The van der Waals surface area contributed by atoms with Gasteiger partial charge in [0.2, 0.25) is 0 Å². The third-order valence-electron chi connectivity index (χ3n) is 1.50. The molecule has 0 saturated carbocycles. The standard InChI is InChI=1S/C12H23N3O5/c1-11(2,3)19-9(17)13-7-8(16)14-15-10(18)20-12(4,5)6/h7H2,1-6H3,(H,13,17)(H,14,16)(H,15,18). The van der Waals surface area contributed by atoms with E-state index in [9.17, 15) is 14.4 Å². The highest BCUT2D eigenvalue weighted by atomic mass is 16.6. The van der Waals surface area contributed by atoms with Crippen molar-refractivity contribution in [3.05, 3.63) is 0 Å². The Balaban J connectivity index is 3.91. The van der Waals surface area contributed by atoms with E-state index in [2.05, 4.69) is 16.2 Å². The molecular formula is C12H23N3O5. The monoisotopic (exact) mass is 289 g/mol. The van der Waals surface area contributed by atoms with Gasteiger partial charge in [-0.1, -0.05) is 0 Å². The third-order valence-corrected chi connectivity index (χ3v) is 1.50. The Labute approximate surface area is 118 Å². The fourth-order valence-electron chi connectivity index (χ4n) is 0.935. The van der Waals surface area contributed by atoms with E-state index in [0.717, 1.165) is 0 Å². The van der Waals surface area contributed by atoms with Crippen molar-refractivity contribution >= 4 is 18.1 Å². The van der Waals surface area contributed by atoms with Crippen molar-refractivity contribution in [2.75, 3.05) is 6.54 Å². The lowest BCUT2D eigenvalue weighted by Crippen LogP contribution is -2.48. The molecule has 0 heterocycles. The summed E-state index contributed by atoms with van der Waals surface area (Å²) in [6.45, 7) is 9.87. The molecule has 0 aliphatic rings. The number of hydrogen-bond donors (Lipinski definition) is 3. The van der Waals surface area contributed by atoms with Gasteiger partial charge in [0.15, 0.2) is 0 Å². The van der Waals surface area contributed by atoms with Gasteiger partial charge < -0.3 is 14.8 Å². The summed E-state index contributed by atoms with van der Waals surface area (Å²) in [6.07, 6.45) is -1.51. The molecule has 0 rings (SSSR count). The first-order chi connectivity index (χ1) is 8.89. The topological polar surface area (TPSA) is 106 Å². The average molecular weight is 289 g/mol. The van der Waals surface area contributed by atoms with E-state index in [4.69, 9.17) is 9.47 Å². The molecule has 3 amide bonds. The van der Waals surface area contributed by atoms with Crippen LogP contribution in [-0.4, -0.2) is 35.8 Å². The van der Waals surface area contributed by atoms with Gasteiger partial charge in [0.05, 0.1) is 0 Å². The number of hydrazine groups is 1. The summed E-state index contributed by atoms with van der Waals surface area (Å²) in [5.74, 6) is -0.610. The number of ether oxygens (including phenoxy) is 2. The normalized spacial score (nSPS) is 11.3. The predicted molar refractivity (Wildman–Crippen MR) is 71.7 cm³/mol. The first-order valence-corrected chi connectivity index (χ1v) is 6.14. The molecule has 0 bridgehead atoms. The zero-order chi connectivity index (χ0) is 16.0. The lowest BCUT2D eigenvalue weighted by molar-refractivity contribution is -0.121. The molecule has 8 heteroatoms. The summed E-state index contributed by atoms with van der Waals surface area (Å²) in [5, 5.41) is 2.25. The number of hydrogen-bond acceptors (Lipinski definition) is 5. The fourth-order valence-corrected chi connectivity index (χ4v) is 0.935. The van der Waals surface area contributed by atoms with Gasteiger partial charge in [-0.25, -0.2) is 15.0 Å². The number of nitrogens with one attached hydrogen (secondary N) is 3. The number of alkyl carbamates (subject to hydrolysis) is 1. The van der Waals surface area contributed by atoms with Crippen LogP contribution in [0.25, 0.3) is 0 Å². The lowest BCUT2D eigenvalue weighted by atomic mass is 10.2. The summed E-state index contributed by atoms with van der Waals surface area (Å²) >= 11 is 0. The van der Waals surface area contributed by atoms with Gasteiger partial charge >= 0.3 is 12.2 Å². The highest BCUT2D eigenvalue weighted by Gasteiger charge is 2.18. The van der Waals surface area contributed by atoms with Crippen LogP contribution < -0.4 is 16.2 Å². The molecule has 0 atom stereocenters. The van der Waals surface area contributed by atoms with Crippen molar-refractivity contribution in [1.82, 2.24) is 16.2 Å². The number of carbonyl (C=O) groups is 3. The molecule has 0 aliphatic heterocycles. The Morgan fingerprint density at radius 2 is 1.25 bits per heavy atom. The molecule has 3 N–H and O–H groups in total. The quantitative estimate of drug-likeness (QED) is 0.659. The average Bonchev–Trinajstić information content (AvgIpc) is 2.18. The van der Waals surface area contributed by atoms with E-state index in [1.807, 2.05) is 0 Å². The minimum atomic E-state index is -0.789. The third kappa shape index (κ3) is 11.1. The smallest absolute Gasteiger partial charge is 0.426 e. The summed E-state index contributed by atoms with van der Waals surface area (Å²) in [4.78, 5) is 33.8. The predicted octanol–water partition coefficient (Wildman–Crippen LogP) is 1.07. The summed E-state index contributed by atoms with van der Waals surface area (Å²) in [7, 11) is 0. The highest BCUT2D eigenvalue weighted by Crippen LogP contribution is 2.06. The second-order valence-corrected chi connectivity index (χ2v) is 6.03. The maximum absolute atomic E-state index is 11.3. The number of carbonyl (C=O) groups excluding carboxylic acids is 3. The molecule has 0 radical (unpaired) electrons. The van der Waals surface area contributed by atoms with Crippen LogP contribution in [0.3, 0.4) is 0 Å². The van der Waals surface area contributed by atoms with Crippen molar-refractivity contribution in [2.24, 2.45) is 0 Å². The maximum Gasteiger partial charge on any atom is 0.426 e. The van der Waals surface area contributed by atoms with Gasteiger partial charge in [-0.3, -0.25) is 10.2 Å². The number of rotatable bonds is 2. The van der Waals surface area contributed by atoms with Gasteiger partial charge in [0.1, 0.15) is 17.7 Å². The van der Waals surface area contributed by atoms with Crippen LogP contribution in [0.15, 0.2) is 0 Å². The van der Waals surface area contributed by atoms with E-state index in [1.165, 1.54) is 0 Å². The van der Waals surface area contributed by atoms with E-state index in [-0.39, 0.29) is 6.54 Å². The highest BCUT2D eigenvalue weighted by molar-refractivity contribution is 5.83. The van der Waals surface area contributed by atoms with Crippen molar-refractivity contribution in [1.29, 1.82) is 0 Å². The minimum absolute atomic E-state index is 0.329. The number of amides is 3. The molecule has 0 aromatic rings. The first-order valence-electron chi connectivity index (χ1n) is 6.14. The van der Waals surface area contributed by atoms with Gasteiger partial charge in [-0.15, -0.1) is 0 Å². The molecule has 116 valence electrons. The van der Waals surface area contributed by atoms with Crippen LogP contribution in [0.1, 0.15) is 41.5 Å². The zero-order valence-electron chi connectivity index (χ0n) is 12.7. The molecule has 0 saturated heterocycles. The molecule has 0 aromatic heterocycles. The van der Waals surface area contributed by atoms with Crippen LogP contribution in [0.4, 0.5) is 9.59 Å². The van der Waals surface area contributed by atoms with Gasteiger partial charge in [-0.05, 0) is 41.5 Å². The molecule has 0 aromatic carbocycles. The molecule has 0 aliphatic carbocycles. The Bertz CT molecular complexity index is 334. The molecule has 0 fully saturated rings. The maximum atomic E-state index is 11.3. The van der Waals surface area contributed by atoms with Crippen LogP contribution in [0.5, 0.6) is 0 Å². The Hall–Kier alpha value is -1.99. The molecule has 0 spiro atoms. The minimum Gasteiger partial charge on any atom is -0.444 e. The SMILES string of the molecule is CC(C)(C)OC(=O)NCC(=O)NNC(=O)OC(C)(C)C. The summed E-state index contributed by atoms with van der Waals surface area (Å²) < 4.78 is 9.84. The Kier molecular flexibility index (Phi) is 6.28. The fraction of sp³-hybridized carbons (Fsp3) is 0.750. The van der Waals surface area contributed by atoms with Crippen LogP contribution in [0.2, 0.25) is 0 Å². The summed E-state index contributed by atoms with van der Waals surface area (Å²) in [6, 6.07) is 0. The van der Waals surface area contributed by atoms with Gasteiger partial charge in [0.25, 0.3) is 5.91 Å². The van der Waals surface area contributed by atoms with Crippen LogP contribution in [0, 0.1) is 0 Å². The summed E-state index contributed by atoms with van der Waals surface area (Å²) in [5.41, 5.74) is 2.84. The van der Waals surface area contributed by atoms with E-state index in [0.29, 0.717) is 0 Å². The zero-order valence-corrected chi connectivity index (χ0v) is 12.7. The van der Waals surface area contributed by atoms with E-state index in [1.54, 1.807) is 41.5 Å². The van der Waals surface area contributed by atoms with Gasteiger partial charge in [-0.2, -0.15) is 0 Å². The van der Waals surface area contributed by atoms with Crippen LogP contribution >= 0.6 is 0 Å². The molecular weight excluding hydrogens is 266 g/mol. The van der Waals surface area contributed by atoms with Crippen molar-refractivity contribution < 1.29 is 23.9 Å². The van der Waals surface area contributed by atoms with Crippen molar-refractivity contribution in [3.8, 4) is 0 Å². The van der Waals surface area contributed by atoms with E-state index >= 15 is 0 Å². The second kappa shape index (κ2) is 6.97. The van der Waals surface area contributed by atoms with Gasteiger partial charge in [0, 0.05) is 0 Å². The lowest BCUT2D eigenvalue weighted by Gasteiger charge is -2.20. The first kappa shape index (κ1) is 18.0. The Morgan fingerprint density at radius 3 is 1.70 bits per heavy atom. The largest absolute Gasteiger partial charge is 0.444 e. The van der Waals surface area contributed by atoms with Crippen LogP contribution in [-0.2, 0) is 14.3 Å². The van der Waals surface area contributed by atoms with Crippen molar-refractivity contribution in [3.63, 3.8) is 0 Å². The Morgan fingerprint density at radius 1 is 0.800 bits per heavy atom. The molecule has 20 heavy (non-hydrogen) atoms. The second-order valence-electron chi connectivity index (χ2n) is 6.03. The molecule has 0 unspecified atom stereocenters. The molecule has 8 nitrogen and oxygen atoms in total. The van der Waals surface area contributed by atoms with E-state index < -0.39 is 29.3 Å².